The number of aromatic nitrogens is 1. The van der Waals surface area contributed by atoms with Crippen molar-refractivity contribution in [2.24, 2.45) is 0 Å². The Kier molecular flexibility index (Phi) is 4.17. The number of benzene rings is 1. The van der Waals surface area contributed by atoms with Crippen molar-refractivity contribution in [3.63, 3.8) is 0 Å². The second-order valence-electron chi connectivity index (χ2n) is 4.17. The van der Waals surface area contributed by atoms with E-state index in [1.165, 1.54) is 0 Å². The van der Waals surface area contributed by atoms with E-state index in [0.717, 1.165) is 5.56 Å². The van der Waals surface area contributed by atoms with Gasteiger partial charge in [-0.15, -0.1) is 0 Å². The van der Waals surface area contributed by atoms with Crippen molar-refractivity contribution < 1.29 is 9.53 Å². The molecule has 0 aliphatic heterocycles. The van der Waals surface area contributed by atoms with Gasteiger partial charge in [0.05, 0.1) is 6.20 Å². The van der Waals surface area contributed by atoms with E-state index in [2.05, 4.69) is 4.98 Å². The van der Waals surface area contributed by atoms with E-state index in [1.54, 1.807) is 24.4 Å². The first kappa shape index (κ1) is 13.6. The number of carbonyl (C=O) groups is 1. The van der Waals surface area contributed by atoms with E-state index >= 15 is 0 Å². The molecule has 19 heavy (non-hydrogen) atoms. The van der Waals surface area contributed by atoms with Crippen molar-refractivity contribution in [3.8, 4) is 11.5 Å². The highest BCUT2D eigenvalue weighted by Gasteiger charge is 2.06. The zero-order valence-electron chi connectivity index (χ0n) is 10.8. The third-order valence-corrected chi connectivity index (χ3v) is 2.96. The number of ether oxygens (including phenoxy) is 1. The molecule has 3 nitrogen and oxygen atoms in total. The molecule has 4 heteroatoms. The van der Waals surface area contributed by atoms with Gasteiger partial charge in [-0.1, -0.05) is 24.6 Å². The number of hydrogen-bond donors (Lipinski definition) is 0. The molecule has 0 atom stereocenters. The summed E-state index contributed by atoms with van der Waals surface area (Å²) in [5.74, 6) is 1.28. The Morgan fingerprint density at radius 3 is 2.74 bits per heavy atom. The van der Waals surface area contributed by atoms with Crippen LogP contribution in [0.4, 0.5) is 0 Å². The van der Waals surface area contributed by atoms with E-state index < -0.39 is 0 Å². The lowest BCUT2D eigenvalue weighted by atomic mass is 10.2. The monoisotopic (exact) mass is 275 g/mol. The molecule has 1 heterocycles. The molecule has 0 fully saturated rings. The van der Waals surface area contributed by atoms with Gasteiger partial charge in [0, 0.05) is 11.4 Å². The molecule has 98 valence electrons. The maximum Gasteiger partial charge on any atom is 0.180 e. The highest BCUT2D eigenvalue weighted by atomic mass is 35.5. The first-order chi connectivity index (χ1) is 9.10. The Morgan fingerprint density at radius 1 is 1.32 bits per heavy atom. The molecule has 0 spiro atoms. The Labute approximate surface area is 117 Å². The average molecular weight is 276 g/mol. The zero-order valence-corrected chi connectivity index (χ0v) is 11.6. The number of halogens is 1. The van der Waals surface area contributed by atoms with Crippen LogP contribution in [0.3, 0.4) is 0 Å². The largest absolute Gasteiger partial charge is 0.455 e. The Morgan fingerprint density at radius 2 is 2.11 bits per heavy atom. The van der Waals surface area contributed by atoms with E-state index in [-0.39, 0.29) is 5.78 Å². The van der Waals surface area contributed by atoms with Gasteiger partial charge in [-0.3, -0.25) is 4.79 Å². The van der Waals surface area contributed by atoms with Crippen molar-refractivity contribution in [1.29, 1.82) is 0 Å². The highest BCUT2D eigenvalue weighted by Crippen LogP contribution is 2.27. The maximum atomic E-state index is 11.5. The molecular formula is C15H14ClNO2. The van der Waals surface area contributed by atoms with Gasteiger partial charge in [0.2, 0.25) is 0 Å². The smallest absolute Gasteiger partial charge is 0.180 e. The van der Waals surface area contributed by atoms with E-state index in [4.69, 9.17) is 16.3 Å². The zero-order chi connectivity index (χ0) is 13.8. The molecule has 0 unspecified atom stereocenters. The molecule has 0 amide bonds. The minimum Gasteiger partial charge on any atom is -0.455 e. The summed E-state index contributed by atoms with van der Waals surface area (Å²) in [6.07, 6.45) is 1.99. The summed E-state index contributed by atoms with van der Waals surface area (Å²) in [7, 11) is 0. The molecule has 2 aromatic rings. The second-order valence-corrected chi connectivity index (χ2v) is 4.60. The predicted molar refractivity (Wildman–Crippen MR) is 75.1 cm³/mol. The maximum absolute atomic E-state index is 11.5. The number of rotatable bonds is 4. The third-order valence-electron chi connectivity index (χ3n) is 2.72. The van der Waals surface area contributed by atoms with Crippen molar-refractivity contribution in [1.82, 2.24) is 4.98 Å². The Balaban J connectivity index is 2.19. The molecule has 2 rings (SSSR count). The lowest BCUT2D eigenvalue weighted by Gasteiger charge is -2.09. The van der Waals surface area contributed by atoms with Crippen LogP contribution in [0.5, 0.6) is 11.5 Å². The van der Waals surface area contributed by atoms with Crippen LogP contribution in [0.1, 0.15) is 29.4 Å². The summed E-state index contributed by atoms with van der Waals surface area (Å²) < 4.78 is 5.70. The van der Waals surface area contributed by atoms with Crippen LogP contribution in [0, 0.1) is 6.92 Å². The number of Topliss-reactive ketones (excluding diaryl/α,β-unsaturated/α-hetero) is 1. The molecule has 0 saturated carbocycles. The van der Waals surface area contributed by atoms with Crippen LogP contribution in [-0.4, -0.2) is 10.8 Å². The first-order valence-corrected chi connectivity index (χ1v) is 6.41. The minimum absolute atomic E-state index is 0.0190. The number of pyridine rings is 1. The molecule has 0 aliphatic carbocycles. The summed E-state index contributed by atoms with van der Waals surface area (Å²) in [6, 6.07) is 8.85. The Bertz CT molecular complexity index is 594. The van der Waals surface area contributed by atoms with Gasteiger partial charge >= 0.3 is 0 Å². The van der Waals surface area contributed by atoms with Crippen molar-refractivity contribution >= 4 is 17.4 Å². The van der Waals surface area contributed by atoms with Crippen LogP contribution in [0.15, 0.2) is 36.5 Å². The van der Waals surface area contributed by atoms with Crippen LogP contribution in [0.25, 0.3) is 0 Å². The summed E-state index contributed by atoms with van der Waals surface area (Å²) in [4.78, 5) is 15.6. The lowest BCUT2D eigenvalue weighted by Crippen LogP contribution is -1.99. The topological polar surface area (TPSA) is 39.2 Å². The van der Waals surface area contributed by atoms with Gasteiger partial charge in [-0.05, 0) is 36.8 Å². The van der Waals surface area contributed by atoms with Crippen molar-refractivity contribution in [2.75, 3.05) is 0 Å². The molecular weight excluding hydrogens is 262 g/mol. The van der Waals surface area contributed by atoms with Gasteiger partial charge in [0.25, 0.3) is 0 Å². The second kappa shape index (κ2) is 5.85. The van der Waals surface area contributed by atoms with Crippen molar-refractivity contribution in [3.05, 3.63) is 52.8 Å². The molecule has 0 radical (unpaired) electrons. The number of ketones is 1. The van der Waals surface area contributed by atoms with E-state index in [1.807, 2.05) is 26.0 Å². The highest BCUT2D eigenvalue weighted by molar-refractivity contribution is 6.30. The van der Waals surface area contributed by atoms with Crippen LogP contribution < -0.4 is 4.74 Å². The van der Waals surface area contributed by atoms with Gasteiger partial charge in [-0.25, -0.2) is 4.98 Å². The number of carbonyl (C=O) groups excluding carboxylic acids is 1. The third kappa shape index (κ3) is 3.32. The number of aryl methyl sites for hydroxylation is 1. The van der Waals surface area contributed by atoms with E-state index in [0.29, 0.717) is 28.6 Å². The minimum atomic E-state index is 0.0190. The number of nitrogens with zero attached hydrogens (tertiary/aromatic N) is 1. The molecule has 0 N–H and O–H groups in total. The summed E-state index contributed by atoms with van der Waals surface area (Å²) >= 11 is 5.93. The van der Waals surface area contributed by atoms with Gasteiger partial charge in [0.1, 0.15) is 17.2 Å². The van der Waals surface area contributed by atoms with Crippen LogP contribution in [0.2, 0.25) is 5.02 Å². The fourth-order valence-electron chi connectivity index (χ4n) is 1.60. The van der Waals surface area contributed by atoms with Gasteiger partial charge < -0.3 is 4.74 Å². The molecule has 0 saturated heterocycles. The van der Waals surface area contributed by atoms with Crippen LogP contribution >= 0.6 is 11.6 Å². The van der Waals surface area contributed by atoms with Gasteiger partial charge in [-0.2, -0.15) is 0 Å². The van der Waals surface area contributed by atoms with Gasteiger partial charge in [0.15, 0.2) is 5.78 Å². The molecule has 0 bridgehead atoms. The molecule has 0 aliphatic rings. The SMILES string of the molecule is CCC(=O)c1ccc(Oc2cc(Cl)ccc2C)cn1. The summed E-state index contributed by atoms with van der Waals surface area (Å²) in [6.45, 7) is 3.75. The average Bonchev–Trinajstić information content (AvgIpc) is 2.43. The standard InChI is InChI=1S/C15H14ClNO2/c1-3-14(18)13-7-6-12(9-17-13)19-15-8-11(16)5-4-10(15)2/h4-9H,3H2,1-2H3. The van der Waals surface area contributed by atoms with Crippen molar-refractivity contribution in [2.45, 2.75) is 20.3 Å². The predicted octanol–water partition coefficient (Wildman–Crippen LogP) is 4.43. The summed E-state index contributed by atoms with van der Waals surface area (Å²) in [5.41, 5.74) is 1.44. The fourth-order valence-corrected chi connectivity index (χ4v) is 1.76. The molecule has 1 aromatic carbocycles. The lowest BCUT2D eigenvalue weighted by molar-refractivity contribution is 0.0983. The van der Waals surface area contributed by atoms with E-state index in [9.17, 15) is 4.79 Å². The summed E-state index contributed by atoms with van der Waals surface area (Å²) in [5, 5.41) is 0.617. The normalized spacial score (nSPS) is 10.3. The number of hydrogen-bond acceptors (Lipinski definition) is 3. The fraction of sp³-hybridized carbons (Fsp3) is 0.200. The Hall–Kier alpha value is -1.87. The first-order valence-electron chi connectivity index (χ1n) is 6.03. The quantitative estimate of drug-likeness (QED) is 0.775. The van der Waals surface area contributed by atoms with Crippen LogP contribution in [-0.2, 0) is 0 Å². The molecule has 1 aromatic heterocycles.